The maximum absolute atomic E-state index is 11.6. The van der Waals surface area contributed by atoms with Crippen LogP contribution in [0.5, 0.6) is 0 Å². The van der Waals surface area contributed by atoms with Crippen molar-refractivity contribution in [3.05, 3.63) is 47.4 Å². The second-order valence-electron chi connectivity index (χ2n) is 3.83. The van der Waals surface area contributed by atoms with E-state index in [1.807, 2.05) is 12.1 Å². The number of thioether (sulfide) groups is 1. The van der Waals surface area contributed by atoms with E-state index in [2.05, 4.69) is 5.32 Å². The molecule has 0 aliphatic carbocycles. The molecule has 0 aliphatic rings. The van der Waals surface area contributed by atoms with Crippen LogP contribution in [-0.2, 0) is 11.3 Å². The Kier molecular flexibility index (Phi) is 4.76. The lowest BCUT2D eigenvalue weighted by atomic mass is 10.3. The van der Waals surface area contributed by atoms with Crippen LogP contribution >= 0.6 is 23.4 Å². The quantitative estimate of drug-likeness (QED) is 0.657. The largest absolute Gasteiger partial charge is 0.467 e. The van der Waals surface area contributed by atoms with Crippen LogP contribution in [-0.4, -0.2) is 11.7 Å². The Morgan fingerprint density at radius 3 is 2.95 bits per heavy atom. The summed E-state index contributed by atoms with van der Waals surface area (Å²) in [5, 5.41) is 3.27. The number of carbonyl (C=O) groups excluding carboxylic acids is 1. The van der Waals surface area contributed by atoms with Gasteiger partial charge in [0.25, 0.3) is 0 Å². The second kappa shape index (κ2) is 6.54. The normalized spacial score (nSPS) is 10.4. The molecule has 1 aromatic heterocycles. The van der Waals surface area contributed by atoms with Crippen LogP contribution in [0.25, 0.3) is 0 Å². The maximum Gasteiger partial charge on any atom is 0.230 e. The van der Waals surface area contributed by atoms with Crippen LogP contribution in [0.2, 0.25) is 5.02 Å². The molecule has 0 aliphatic heterocycles. The van der Waals surface area contributed by atoms with E-state index < -0.39 is 0 Å². The molecule has 6 heteroatoms. The zero-order valence-corrected chi connectivity index (χ0v) is 11.6. The van der Waals surface area contributed by atoms with Gasteiger partial charge in [-0.2, -0.15) is 0 Å². The van der Waals surface area contributed by atoms with E-state index in [-0.39, 0.29) is 5.91 Å². The summed E-state index contributed by atoms with van der Waals surface area (Å²) in [4.78, 5) is 12.5. The zero-order chi connectivity index (χ0) is 13.7. The van der Waals surface area contributed by atoms with Crippen LogP contribution < -0.4 is 11.1 Å². The number of hydrogen-bond acceptors (Lipinski definition) is 4. The summed E-state index contributed by atoms with van der Waals surface area (Å²) in [5.74, 6) is 0.990. The van der Waals surface area contributed by atoms with Crippen molar-refractivity contribution in [2.45, 2.75) is 11.4 Å². The topological polar surface area (TPSA) is 68.3 Å². The van der Waals surface area contributed by atoms with Crippen LogP contribution in [0.1, 0.15) is 5.76 Å². The van der Waals surface area contributed by atoms with Crippen molar-refractivity contribution in [3.63, 3.8) is 0 Å². The van der Waals surface area contributed by atoms with Gasteiger partial charge in [0, 0.05) is 4.90 Å². The molecule has 0 saturated heterocycles. The third-order valence-corrected chi connectivity index (χ3v) is 3.70. The molecule has 2 rings (SSSR count). The van der Waals surface area contributed by atoms with Crippen LogP contribution in [0.3, 0.4) is 0 Å². The van der Waals surface area contributed by atoms with E-state index in [1.165, 1.54) is 11.8 Å². The Morgan fingerprint density at radius 2 is 2.26 bits per heavy atom. The molecule has 0 radical (unpaired) electrons. The molecule has 0 saturated carbocycles. The van der Waals surface area contributed by atoms with E-state index in [4.69, 9.17) is 21.8 Å². The van der Waals surface area contributed by atoms with Gasteiger partial charge in [0.1, 0.15) is 5.76 Å². The summed E-state index contributed by atoms with van der Waals surface area (Å²) in [6.07, 6.45) is 1.58. The molecule has 3 N–H and O–H groups in total. The molecule has 100 valence electrons. The number of nitrogens with one attached hydrogen (secondary N) is 1. The number of rotatable bonds is 5. The number of benzene rings is 1. The van der Waals surface area contributed by atoms with Gasteiger partial charge in [-0.3, -0.25) is 4.79 Å². The minimum absolute atomic E-state index is 0.0608. The first-order valence-corrected chi connectivity index (χ1v) is 6.98. The minimum atomic E-state index is -0.0608. The molecule has 1 aromatic carbocycles. The number of anilines is 1. The highest BCUT2D eigenvalue weighted by atomic mass is 35.5. The maximum atomic E-state index is 11.6. The van der Waals surface area contributed by atoms with Gasteiger partial charge in [-0.15, -0.1) is 11.8 Å². The van der Waals surface area contributed by atoms with Gasteiger partial charge in [0.05, 0.1) is 29.3 Å². The molecule has 0 unspecified atom stereocenters. The Bertz CT molecular complexity index is 558. The molecule has 0 spiro atoms. The third-order valence-electron chi connectivity index (χ3n) is 2.38. The third kappa shape index (κ3) is 4.22. The van der Waals surface area contributed by atoms with Crippen molar-refractivity contribution in [1.29, 1.82) is 0 Å². The molecule has 4 nitrogen and oxygen atoms in total. The predicted octanol–water partition coefficient (Wildman–Crippen LogP) is 2.92. The first-order chi connectivity index (χ1) is 9.15. The lowest BCUT2D eigenvalue weighted by molar-refractivity contribution is -0.118. The van der Waals surface area contributed by atoms with Crippen LogP contribution in [0.15, 0.2) is 45.9 Å². The highest BCUT2D eigenvalue weighted by molar-refractivity contribution is 8.00. The van der Waals surface area contributed by atoms with Gasteiger partial charge in [-0.05, 0) is 30.3 Å². The van der Waals surface area contributed by atoms with Gasteiger partial charge >= 0.3 is 0 Å². The number of amides is 1. The Hall–Kier alpha value is -1.59. The van der Waals surface area contributed by atoms with E-state index >= 15 is 0 Å². The minimum Gasteiger partial charge on any atom is -0.467 e. The number of carbonyl (C=O) groups is 1. The standard InChI is InChI=1S/C13H13ClN2O2S/c14-11-6-10(3-4-12(11)15)19-8-13(17)16-7-9-2-1-5-18-9/h1-6H,7-8,15H2,(H,16,17). The fourth-order valence-electron chi connectivity index (χ4n) is 1.40. The van der Waals surface area contributed by atoms with Crippen molar-refractivity contribution in [1.82, 2.24) is 5.32 Å². The van der Waals surface area contributed by atoms with Crippen molar-refractivity contribution < 1.29 is 9.21 Å². The highest BCUT2D eigenvalue weighted by Gasteiger charge is 2.05. The number of hydrogen-bond donors (Lipinski definition) is 2. The van der Waals surface area contributed by atoms with Crippen molar-refractivity contribution in [2.24, 2.45) is 0 Å². The zero-order valence-electron chi connectivity index (χ0n) is 10.1. The highest BCUT2D eigenvalue weighted by Crippen LogP contribution is 2.26. The van der Waals surface area contributed by atoms with Gasteiger partial charge in [-0.25, -0.2) is 0 Å². The molecule has 0 bridgehead atoms. The lowest BCUT2D eigenvalue weighted by Crippen LogP contribution is -2.24. The summed E-state index contributed by atoms with van der Waals surface area (Å²) in [6.45, 7) is 0.398. The molecule has 2 aromatic rings. The van der Waals surface area contributed by atoms with Gasteiger partial charge < -0.3 is 15.5 Å². The number of nitrogen functional groups attached to an aromatic ring is 1. The Labute approximate surface area is 120 Å². The number of halogens is 1. The summed E-state index contributed by atoms with van der Waals surface area (Å²) in [6, 6.07) is 8.91. The Balaban J connectivity index is 1.78. The molecule has 0 atom stereocenters. The van der Waals surface area contributed by atoms with Crippen LogP contribution in [0.4, 0.5) is 5.69 Å². The number of furan rings is 1. The second-order valence-corrected chi connectivity index (χ2v) is 5.28. The fourth-order valence-corrected chi connectivity index (χ4v) is 2.41. The monoisotopic (exact) mass is 296 g/mol. The SMILES string of the molecule is Nc1ccc(SCC(=O)NCc2ccco2)cc1Cl. The summed E-state index contributed by atoms with van der Waals surface area (Å²) in [7, 11) is 0. The summed E-state index contributed by atoms with van der Waals surface area (Å²) in [5.41, 5.74) is 6.15. The van der Waals surface area contributed by atoms with Gasteiger partial charge in [0.15, 0.2) is 0 Å². The summed E-state index contributed by atoms with van der Waals surface area (Å²) < 4.78 is 5.12. The average molecular weight is 297 g/mol. The van der Waals surface area contributed by atoms with Crippen LogP contribution in [0, 0.1) is 0 Å². The molecule has 1 amide bonds. The van der Waals surface area contributed by atoms with Gasteiger partial charge in [-0.1, -0.05) is 11.6 Å². The van der Waals surface area contributed by atoms with E-state index in [0.29, 0.717) is 23.0 Å². The van der Waals surface area contributed by atoms with Gasteiger partial charge in [0.2, 0.25) is 5.91 Å². The first kappa shape index (κ1) is 13.8. The lowest BCUT2D eigenvalue weighted by Gasteiger charge is -2.05. The van der Waals surface area contributed by atoms with E-state index in [0.717, 1.165) is 10.7 Å². The van der Waals surface area contributed by atoms with E-state index in [9.17, 15) is 4.79 Å². The number of nitrogens with two attached hydrogens (primary N) is 1. The molecule has 1 heterocycles. The molecular weight excluding hydrogens is 284 g/mol. The van der Waals surface area contributed by atoms with E-state index in [1.54, 1.807) is 24.5 Å². The van der Waals surface area contributed by atoms with Crippen molar-refractivity contribution >= 4 is 35.0 Å². The molecule has 0 fully saturated rings. The smallest absolute Gasteiger partial charge is 0.230 e. The van der Waals surface area contributed by atoms with Crippen molar-refractivity contribution in [3.8, 4) is 0 Å². The summed E-state index contributed by atoms with van der Waals surface area (Å²) >= 11 is 7.31. The molecular formula is C13H13ClN2O2S. The van der Waals surface area contributed by atoms with Crippen molar-refractivity contribution in [2.75, 3.05) is 11.5 Å². The fraction of sp³-hybridized carbons (Fsp3) is 0.154. The molecule has 19 heavy (non-hydrogen) atoms. The first-order valence-electron chi connectivity index (χ1n) is 5.62. The Morgan fingerprint density at radius 1 is 1.42 bits per heavy atom. The predicted molar refractivity (Wildman–Crippen MR) is 77.1 cm³/mol. The average Bonchev–Trinajstić information content (AvgIpc) is 2.91.